The minimum Gasteiger partial charge on any atom is -0.478 e. The summed E-state index contributed by atoms with van der Waals surface area (Å²) in [6, 6.07) is 12.1. The van der Waals surface area contributed by atoms with Gasteiger partial charge in [0.1, 0.15) is 0 Å². The Bertz CT molecular complexity index is 1070. The number of H-pyrrole nitrogens is 1. The van der Waals surface area contributed by atoms with Gasteiger partial charge in [-0.05, 0) is 41.3 Å². The fourth-order valence-electron chi connectivity index (χ4n) is 2.58. The molecule has 0 fully saturated rings. The fourth-order valence-corrected chi connectivity index (χ4v) is 2.79. The Morgan fingerprint density at radius 2 is 1.88 bits per heavy atom. The molecule has 132 valence electrons. The van der Waals surface area contributed by atoms with E-state index in [0.29, 0.717) is 11.3 Å². The Morgan fingerprint density at radius 1 is 1.19 bits per heavy atom. The predicted molar refractivity (Wildman–Crippen MR) is 104 cm³/mol. The summed E-state index contributed by atoms with van der Waals surface area (Å²) in [5.41, 5.74) is 2.07. The van der Waals surface area contributed by atoms with Crippen molar-refractivity contribution in [1.29, 1.82) is 0 Å². The van der Waals surface area contributed by atoms with Crippen molar-refractivity contribution in [2.45, 2.75) is 19.8 Å². The van der Waals surface area contributed by atoms with Gasteiger partial charge in [0.05, 0.1) is 21.5 Å². The molecule has 2 N–H and O–H groups in total. The van der Waals surface area contributed by atoms with Crippen molar-refractivity contribution in [3.63, 3.8) is 0 Å². The van der Waals surface area contributed by atoms with Gasteiger partial charge in [0.2, 0.25) is 0 Å². The van der Waals surface area contributed by atoms with Crippen LogP contribution in [0.15, 0.2) is 47.3 Å². The zero-order chi connectivity index (χ0) is 18.8. The standard InChI is InChI=1S/C20H17ClN2O3/c1-11(2)13-5-3-12(4-6-13)9-16(21)18-22-17-10-14(20(25)26)7-8-15(17)19(24)23-18/h3-11H,1-2H3,(H,25,26)(H,22,23,24)/b16-9-. The summed E-state index contributed by atoms with van der Waals surface area (Å²) in [5, 5.41) is 9.67. The number of hydrogen-bond donors (Lipinski definition) is 2. The number of carboxylic acid groups (broad SMARTS) is 1. The monoisotopic (exact) mass is 368 g/mol. The zero-order valence-electron chi connectivity index (χ0n) is 14.3. The lowest BCUT2D eigenvalue weighted by atomic mass is 10.0. The molecule has 0 aliphatic rings. The molecule has 0 spiro atoms. The second kappa shape index (κ2) is 7.14. The van der Waals surface area contributed by atoms with Gasteiger partial charge in [-0.15, -0.1) is 0 Å². The summed E-state index contributed by atoms with van der Waals surface area (Å²) < 4.78 is 0. The molecular formula is C20H17ClN2O3. The maximum absolute atomic E-state index is 12.2. The summed E-state index contributed by atoms with van der Waals surface area (Å²) in [4.78, 5) is 30.3. The Labute approximate surface area is 155 Å². The van der Waals surface area contributed by atoms with Crippen molar-refractivity contribution in [2.75, 3.05) is 0 Å². The van der Waals surface area contributed by atoms with Crippen LogP contribution in [-0.4, -0.2) is 21.0 Å². The van der Waals surface area contributed by atoms with Crippen LogP contribution in [0.4, 0.5) is 0 Å². The number of nitrogens with one attached hydrogen (secondary N) is 1. The van der Waals surface area contributed by atoms with E-state index in [2.05, 4.69) is 23.8 Å². The number of benzene rings is 2. The highest BCUT2D eigenvalue weighted by Gasteiger charge is 2.10. The van der Waals surface area contributed by atoms with Gasteiger partial charge in [0, 0.05) is 0 Å². The zero-order valence-corrected chi connectivity index (χ0v) is 15.0. The molecule has 0 saturated heterocycles. The highest BCUT2D eigenvalue weighted by atomic mass is 35.5. The van der Waals surface area contributed by atoms with Crippen molar-refractivity contribution in [1.82, 2.24) is 9.97 Å². The molecule has 0 aliphatic heterocycles. The first-order valence-corrected chi connectivity index (χ1v) is 8.48. The molecule has 0 unspecified atom stereocenters. The van der Waals surface area contributed by atoms with E-state index in [4.69, 9.17) is 16.7 Å². The molecule has 0 bridgehead atoms. The van der Waals surface area contributed by atoms with Crippen molar-refractivity contribution in [3.05, 3.63) is 75.3 Å². The smallest absolute Gasteiger partial charge is 0.335 e. The molecular weight excluding hydrogens is 352 g/mol. The molecule has 0 aliphatic carbocycles. The molecule has 3 aromatic rings. The van der Waals surface area contributed by atoms with Crippen LogP contribution < -0.4 is 5.56 Å². The van der Waals surface area contributed by atoms with Crippen LogP contribution in [0.2, 0.25) is 0 Å². The molecule has 5 nitrogen and oxygen atoms in total. The maximum atomic E-state index is 12.2. The van der Waals surface area contributed by atoms with E-state index >= 15 is 0 Å². The van der Waals surface area contributed by atoms with Gasteiger partial charge < -0.3 is 10.1 Å². The number of carboxylic acids is 1. The maximum Gasteiger partial charge on any atom is 0.335 e. The third-order valence-corrected chi connectivity index (χ3v) is 4.36. The Balaban J connectivity index is 2.03. The number of carbonyl (C=O) groups is 1. The third kappa shape index (κ3) is 3.68. The second-order valence-electron chi connectivity index (χ2n) is 6.27. The first kappa shape index (κ1) is 17.9. The van der Waals surface area contributed by atoms with Crippen molar-refractivity contribution >= 4 is 39.6 Å². The lowest BCUT2D eigenvalue weighted by Crippen LogP contribution is -2.11. The fraction of sp³-hybridized carbons (Fsp3) is 0.150. The van der Waals surface area contributed by atoms with E-state index in [1.165, 1.54) is 23.8 Å². The molecule has 3 rings (SSSR count). The van der Waals surface area contributed by atoms with Crippen LogP contribution >= 0.6 is 11.6 Å². The summed E-state index contributed by atoms with van der Waals surface area (Å²) in [6.07, 6.45) is 1.71. The first-order valence-electron chi connectivity index (χ1n) is 8.10. The molecule has 0 atom stereocenters. The summed E-state index contributed by atoms with van der Waals surface area (Å²) >= 11 is 6.33. The number of aromatic nitrogens is 2. The SMILES string of the molecule is CC(C)c1ccc(/C=C(\Cl)c2nc3cc(C(=O)O)ccc3c(=O)[nH]2)cc1. The van der Waals surface area contributed by atoms with Gasteiger partial charge in [0.25, 0.3) is 5.56 Å². The molecule has 1 aromatic heterocycles. The molecule has 6 heteroatoms. The highest BCUT2D eigenvalue weighted by Crippen LogP contribution is 2.22. The van der Waals surface area contributed by atoms with E-state index in [-0.39, 0.29) is 27.5 Å². The molecule has 2 aromatic carbocycles. The van der Waals surface area contributed by atoms with E-state index in [1.54, 1.807) is 6.08 Å². The predicted octanol–water partition coefficient (Wildman–Crippen LogP) is 4.48. The quantitative estimate of drug-likeness (QED) is 0.711. The molecule has 26 heavy (non-hydrogen) atoms. The van der Waals surface area contributed by atoms with Crippen molar-refractivity contribution in [2.24, 2.45) is 0 Å². The number of halogens is 1. The van der Waals surface area contributed by atoms with E-state index in [0.717, 1.165) is 5.56 Å². The minimum absolute atomic E-state index is 0.0610. The number of fused-ring (bicyclic) bond motifs is 1. The molecule has 0 radical (unpaired) electrons. The average molecular weight is 369 g/mol. The Morgan fingerprint density at radius 3 is 2.50 bits per heavy atom. The van der Waals surface area contributed by atoms with E-state index in [9.17, 15) is 9.59 Å². The average Bonchev–Trinajstić information content (AvgIpc) is 2.61. The summed E-state index contributed by atoms with van der Waals surface area (Å²) in [5.74, 6) is -0.451. The third-order valence-electron chi connectivity index (χ3n) is 4.08. The first-order chi connectivity index (χ1) is 12.3. The minimum atomic E-state index is -1.08. The van der Waals surface area contributed by atoms with Crippen LogP contribution in [0.1, 0.15) is 47.1 Å². The van der Waals surface area contributed by atoms with Crippen LogP contribution in [-0.2, 0) is 0 Å². The van der Waals surface area contributed by atoms with Gasteiger partial charge in [-0.2, -0.15) is 0 Å². The van der Waals surface area contributed by atoms with Gasteiger partial charge in [-0.25, -0.2) is 9.78 Å². The van der Waals surface area contributed by atoms with Crippen LogP contribution in [0.3, 0.4) is 0 Å². The van der Waals surface area contributed by atoms with Gasteiger partial charge in [-0.1, -0.05) is 49.7 Å². The van der Waals surface area contributed by atoms with Crippen molar-refractivity contribution in [3.8, 4) is 0 Å². The van der Waals surface area contributed by atoms with E-state index < -0.39 is 5.97 Å². The number of rotatable bonds is 4. The summed E-state index contributed by atoms with van der Waals surface area (Å²) in [6.45, 7) is 4.24. The van der Waals surface area contributed by atoms with Gasteiger partial charge >= 0.3 is 5.97 Å². The van der Waals surface area contributed by atoms with E-state index in [1.807, 2.05) is 24.3 Å². The largest absolute Gasteiger partial charge is 0.478 e. The summed E-state index contributed by atoms with van der Waals surface area (Å²) in [7, 11) is 0. The molecule has 1 heterocycles. The van der Waals surface area contributed by atoms with Crippen LogP contribution in [0.25, 0.3) is 22.0 Å². The second-order valence-corrected chi connectivity index (χ2v) is 6.67. The van der Waals surface area contributed by atoms with Gasteiger partial charge in [0.15, 0.2) is 5.82 Å². The topological polar surface area (TPSA) is 83.0 Å². The lowest BCUT2D eigenvalue weighted by molar-refractivity contribution is 0.0697. The number of aromatic carboxylic acids is 1. The van der Waals surface area contributed by atoms with Crippen LogP contribution in [0.5, 0.6) is 0 Å². The van der Waals surface area contributed by atoms with Gasteiger partial charge in [-0.3, -0.25) is 4.79 Å². The lowest BCUT2D eigenvalue weighted by Gasteiger charge is -2.06. The number of hydrogen-bond acceptors (Lipinski definition) is 3. The Hall–Kier alpha value is -2.92. The highest BCUT2D eigenvalue weighted by molar-refractivity contribution is 6.50. The molecule has 0 saturated carbocycles. The number of nitrogens with zero attached hydrogens (tertiary/aromatic N) is 1. The molecule has 0 amide bonds. The number of aromatic amines is 1. The normalized spacial score (nSPS) is 11.9. The Kier molecular flexibility index (Phi) is 4.91. The van der Waals surface area contributed by atoms with Crippen LogP contribution in [0, 0.1) is 0 Å². The van der Waals surface area contributed by atoms with Crippen molar-refractivity contribution < 1.29 is 9.90 Å².